The van der Waals surface area contributed by atoms with E-state index >= 15 is 0 Å². The molecule has 1 N–H and O–H groups in total. The van der Waals surface area contributed by atoms with Gasteiger partial charge in [-0.3, -0.25) is 4.79 Å². The third kappa shape index (κ3) is 3.91. The molecule has 146 valence electrons. The largest absolute Gasteiger partial charge is 0.338 e. The van der Waals surface area contributed by atoms with Gasteiger partial charge < -0.3 is 19.7 Å². The number of benzene rings is 1. The van der Waals surface area contributed by atoms with Gasteiger partial charge in [-0.15, -0.1) is 0 Å². The maximum Gasteiger partial charge on any atom is 0.317 e. The third-order valence-corrected chi connectivity index (χ3v) is 5.06. The first-order chi connectivity index (χ1) is 12.9. The van der Waals surface area contributed by atoms with Gasteiger partial charge in [-0.1, -0.05) is 20.8 Å². The highest BCUT2D eigenvalue weighted by molar-refractivity contribution is 5.97. The second-order valence-electron chi connectivity index (χ2n) is 7.40. The van der Waals surface area contributed by atoms with Crippen molar-refractivity contribution in [1.29, 1.82) is 0 Å². The van der Waals surface area contributed by atoms with Gasteiger partial charge in [0, 0.05) is 51.3 Å². The second kappa shape index (κ2) is 7.98. The van der Waals surface area contributed by atoms with Gasteiger partial charge in [-0.25, -0.2) is 9.78 Å². The van der Waals surface area contributed by atoms with Gasteiger partial charge in [0.05, 0.1) is 11.0 Å². The number of carbonyl (C=O) groups is 2. The van der Waals surface area contributed by atoms with Gasteiger partial charge >= 0.3 is 6.03 Å². The molecule has 0 aliphatic carbocycles. The number of piperazine rings is 1. The van der Waals surface area contributed by atoms with E-state index in [0.717, 1.165) is 23.3 Å². The van der Waals surface area contributed by atoms with Gasteiger partial charge in [0.1, 0.15) is 5.82 Å². The lowest BCUT2D eigenvalue weighted by atomic mass is 10.1. The highest BCUT2D eigenvalue weighted by Crippen LogP contribution is 2.22. The Morgan fingerprint density at radius 3 is 2.44 bits per heavy atom. The van der Waals surface area contributed by atoms with Crippen molar-refractivity contribution < 1.29 is 9.59 Å². The van der Waals surface area contributed by atoms with E-state index in [4.69, 9.17) is 4.98 Å². The molecular weight excluding hydrogens is 342 g/mol. The number of carbonyl (C=O) groups excluding carboxylic acids is 2. The van der Waals surface area contributed by atoms with Crippen molar-refractivity contribution in [2.24, 2.45) is 7.05 Å². The van der Waals surface area contributed by atoms with Crippen molar-refractivity contribution in [3.05, 3.63) is 29.6 Å². The third-order valence-electron chi connectivity index (χ3n) is 5.06. The number of aromatic nitrogens is 2. The van der Waals surface area contributed by atoms with Crippen molar-refractivity contribution in [2.75, 3.05) is 32.7 Å². The number of rotatable bonds is 4. The smallest absolute Gasteiger partial charge is 0.317 e. The summed E-state index contributed by atoms with van der Waals surface area (Å²) in [5.74, 6) is 1.34. The Bertz CT molecular complexity index is 834. The summed E-state index contributed by atoms with van der Waals surface area (Å²) in [7, 11) is 2.01. The minimum Gasteiger partial charge on any atom is -0.338 e. The molecule has 1 aromatic carbocycles. The van der Waals surface area contributed by atoms with Gasteiger partial charge in [0.2, 0.25) is 0 Å². The predicted octanol–water partition coefficient (Wildman–Crippen LogP) is 2.57. The van der Waals surface area contributed by atoms with E-state index in [1.54, 1.807) is 4.90 Å². The molecule has 2 aromatic rings. The SMILES string of the molecule is CCCNC(=O)N1CCN(C(=O)c2ccc3c(c2)nc(C(C)C)n3C)CC1. The van der Waals surface area contributed by atoms with Gasteiger partial charge in [0.15, 0.2) is 0 Å². The minimum atomic E-state index is -0.0416. The maximum absolute atomic E-state index is 12.9. The molecule has 1 aliphatic rings. The molecule has 3 amide bonds. The maximum atomic E-state index is 12.9. The molecule has 7 nitrogen and oxygen atoms in total. The topological polar surface area (TPSA) is 70.5 Å². The van der Waals surface area contributed by atoms with Crippen LogP contribution in [-0.2, 0) is 7.05 Å². The lowest BCUT2D eigenvalue weighted by molar-refractivity contribution is 0.0665. The zero-order chi connectivity index (χ0) is 19.6. The van der Waals surface area contributed by atoms with E-state index in [1.807, 2.05) is 37.1 Å². The number of nitrogens with zero attached hydrogens (tertiary/aromatic N) is 4. The monoisotopic (exact) mass is 371 g/mol. The fraction of sp³-hybridized carbons (Fsp3) is 0.550. The van der Waals surface area contributed by atoms with E-state index in [0.29, 0.717) is 44.2 Å². The average Bonchev–Trinajstić information content (AvgIpc) is 3.02. The summed E-state index contributed by atoms with van der Waals surface area (Å²) in [5, 5.41) is 2.89. The number of aryl methyl sites for hydroxylation is 1. The quantitative estimate of drug-likeness (QED) is 0.898. The van der Waals surface area contributed by atoms with Crippen LogP contribution in [0.4, 0.5) is 4.79 Å². The number of hydrogen-bond donors (Lipinski definition) is 1. The Labute approximate surface area is 160 Å². The lowest BCUT2D eigenvalue weighted by Gasteiger charge is -2.34. The van der Waals surface area contributed by atoms with E-state index < -0.39 is 0 Å². The second-order valence-corrected chi connectivity index (χ2v) is 7.40. The number of amides is 3. The molecule has 0 saturated carbocycles. The van der Waals surface area contributed by atoms with Crippen LogP contribution in [0.2, 0.25) is 0 Å². The highest BCUT2D eigenvalue weighted by atomic mass is 16.2. The Hall–Kier alpha value is -2.57. The van der Waals surface area contributed by atoms with Crippen LogP contribution >= 0.6 is 0 Å². The fourth-order valence-electron chi connectivity index (χ4n) is 3.51. The Balaban J connectivity index is 1.69. The number of urea groups is 1. The van der Waals surface area contributed by atoms with Crippen molar-refractivity contribution >= 4 is 23.0 Å². The summed E-state index contributed by atoms with van der Waals surface area (Å²) < 4.78 is 2.09. The summed E-state index contributed by atoms with van der Waals surface area (Å²) in [6.07, 6.45) is 0.915. The Morgan fingerprint density at radius 2 is 1.81 bits per heavy atom. The molecule has 0 spiro atoms. The molecule has 0 unspecified atom stereocenters. The van der Waals surface area contributed by atoms with Crippen LogP contribution in [0.1, 0.15) is 49.3 Å². The molecule has 1 aliphatic heterocycles. The first-order valence-electron chi connectivity index (χ1n) is 9.70. The molecule has 1 aromatic heterocycles. The van der Waals surface area contributed by atoms with E-state index in [-0.39, 0.29) is 11.9 Å². The molecule has 27 heavy (non-hydrogen) atoms. The molecule has 0 atom stereocenters. The Morgan fingerprint density at radius 1 is 1.15 bits per heavy atom. The fourth-order valence-corrected chi connectivity index (χ4v) is 3.51. The minimum absolute atomic E-state index is 0.00210. The molecule has 7 heteroatoms. The van der Waals surface area contributed by atoms with Crippen molar-refractivity contribution in [3.8, 4) is 0 Å². The molecule has 3 rings (SSSR count). The number of hydrogen-bond acceptors (Lipinski definition) is 3. The summed E-state index contributed by atoms with van der Waals surface area (Å²) in [5.41, 5.74) is 2.54. The molecule has 1 fully saturated rings. The van der Waals surface area contributed by atoms with Crippen LogP contribution < -0.4 is 5.32 Å². The van der Waals surface area contributed by atoms with E-state index in [9.17, 15) is 9.59 Å². The van der Waals surface area contributed by atoms with E-state index in [2.05, 4.69) is 23.7 Å². The zero-order valence-electron chi connectivity index (χ0n) is 16.7. The van der Waals surface area contributed by atoms with Crippen LogP contribution in [0.25, 0.3) is 11.0 Å². The van der Waals surface area contributed by atoms with Crippen LogP contribution in [0.3, 0.4) is 0 Å². The Kier molecular flexibility index (Phi) is 5.68. The standard InChI is InChI=1S/C20H29N5O2/c1-5-8-21-20(27)25-11-9-24(10-12-25)19(26)15-6-7-17-16(13-15)22-18(14(2)3)23(17)4/h6-7,13-14H,5,8-12H2,1-4H3,(H,21,27). The van der Waals surface area contributed by atoms with Crippen LogP contribution in [-0.4, -0.2) is 64.0 Å². The van der Waals surface area contributed by atoms with Crippen LogP contribution in [0, 0.1) is 0 Å². The van der Waals surface area contributed by atoms with Crippen molar-refractivity contribution in [2.45, 2.75) is 33.1 Å². The van der Waals surface area contributed by atoms with Crippen molar-refractivity contribution in [1.82, 2.24) is 24.7 Å². The van der Waals surface area contributed by atoms with Gasteiger partial charge in [-0.05, 0) is 24.6 Å². The summed E-state index contributed by atoms with van der Waals surface area (Å²) in [4.78, 5) is 33.2. The summed E-state index contributed by atoms with van der Waals surface area (Å²) in [6, 6.07) is 5.68. The normalized spacial score (nSPS) is 14.9. The molecule has 2 heterocycles. The van der Waals surface area contributed by atoms with Gasteiger partial charge in [0.25, 0.3) is 5.91 Å². The van der Waals surface area contributed by atoms with Crippen LogP contribution in [0.5, 0.6) is 0 Å². The molecule has 0 bridgehead atoms. The first kappa shape index (κ1) is 19.2. The summed E-state index contributed by atoms with van der Waals surface area (Å²) >= 11 is 0. The van der Waals surface area contributed by atoms with E-state index in [1.165, 1.54) is 0 Å². The van der Waals surface area contributed by atoms with Gasteiger partial charge in [-0.2, -0.15) is 0 Å². The lowest BCUT2D eigenvalue weighted by Crippen LogP contribution is -2.53. The highest BCUT2D eigenvalue weighted by Gasteiger charge is 2.25. The van der Waals surface area contributed by atoms with Crippen molar-refractivity contribution in [3.63, 3.8) is 0 Å². The van der Waals surface area contributed by atoms with Crippen LogP contribution in [0.15, 0.2) is 18.2 Å². The first-order valence-corrected chi connectivity index (χ1v) is 9.70. The average molecular weight is 371 g/mol. The zero-order valence-corrected chi connectivity index (χ0v) is 16.7. The molecular formula is C20H29N5O2. The number of imidazole rings is 1. The number of fused-ring (bicyclic) bond motifs is 1. The number of nitrogens with one attached hydrogen (secondary N) is 1. The molecule has 0 radical (unpaired) electrons. The predicted molar refractivity (Wildman–Crippen MR) is 106 cm³/mol. The summed E-state index contributed by atoms with van der Waals surface area (Å²) in [6.45, 7) is 9.16. The molecule has 1 saturated heterocycles.